The smallest absolute Gasteiger partial charge is 0.384 e. The molecule has 0 bridgehead atoms. The topological polar surface area (TPSA) is 78.4 Å². The molecule has 0 aliphatic carbocycles. The number of carbonyl (C=O) groups is 2. The van der Waals surface area contributed by atoms with Gasteiger partial charge < -0.3 is 15.7 Å². The minimum absolute atomic E-state index is 0.229. The van der Waals surface area contributed by atoms with Crippen molar-refractivity contribution in [2.75, 3.05) is 11.9 Å². The zero-order valence-electron chi connectivity index (χ0n) is 10.6. The molecule has 5 nitrogen and oxygen atoms in total. The summed E-state index contributed by atoms with van der Waals surface area (Å²) in [6, 6.07) is 5.08. The Bertz CT molecular complexity index is 519. The molecule has 0 aromatic heterocycles. The molecule has 0 spiro atoms. The van der Waals surface area contributed by atoms with E-state index in [1.54, 1.807) is 0 Å². The number of aliphatic hydroxyl groups excluding tert-OH is 1. The molecule has 3 N–H and O–H groups in total. The molecule has 1 rings (SSSR count). The van der Waals surface area contributed by atoms with Gasteiger partial charge in [-0.05, 0) is 18.6 Å². The second kappa shape index (κ2) is 7.02. The van der Waals surface area contributed by atoms with Crippen molar-refractivity contribution in [1.29, 1.82) is 0 Å². The van der Waals surface area contributed by atoms with Crippen molar-refractivity contribution in [3.05, 3.63) is 30.1 Å². The lowest BCUT2D eigenvalue weighted by atomic mass is 10.2. The van der Waals surface area contributed by atoms with Crippen molar-refractivity contribution in [1.82, 2.24) is 5.32 Å². The van der Waals surface area contributed by atoms with Crippen molar-refractivity contribution in [3.8, 4) is 0 Å². The molecular weight excluding hydrogens is 296 g/mol. The first-order valence-electron chi connectivity index (χ1n) is 5.80. The first-order valence-corrected chi connectivity index (χ1v) is 5.80. The molecular formula is C12H12F4N2O3. The Labute approximate surface area is 117 Å². The number of anilines is 1. The SMILES string of the molecule is O=C(NCC[C@H](O)C(F)(F)F)C(=O)Nc1ccccc1F. The Morgan fingerprint density at radius 3 is 2.38 bits per heavy atom. The Morgan fingerprint density at radius 1 is 1.19 bits per heavy atom. The van der Waals surface area contributed by atoms with Crippen molar-refractivity contribution < 1.29 is 32.3 Å². The second-order valence-electron chi connectivity index (χ2n) is 4.04. The van der Waals surface area contributed by atoms with Gasteiger partial charge in [-0.25, -0.2) is 4.39 Å². The van der Waals surface area contributed by atoms with Gasteiger partial charge in [-0.1, -0.05) is 12.1 Å². The Hall–Kier alpha value is -2.16. The molecule has 1 aromatic carbocycles. The lowest BCUT2D eigenvalue weighted by molar-refractivity contribution is -0.205. The van der Waals surface area contributed by atoms with Crippen molar-refractivity contribution in [2.24, 2.45) is 0 Å². The number of nitrogens with one attached hydrogen (secondary N) is 2. The fraction of sp³-hybridized carbons (Fsp3) is 0.333. The molecule has 0 heterocycles. The van der Waals surface area contributed by atoms with Crippen LogP contribution in [0.5, 0.6) is 0 Å². The summed E-state index contributed by atoms with van der Waals surface area (Å²) in [7, 11) is 0. The van der Waals surface area contributed by atoms with Crippen LogP contribution in [0, 0.1) is 5.82 Å². The maximum atomic E-state index is 13.2. The van der Waals surface area contributed by atoms with Crippen LogP contribution in [-0.4, -0.2) is 35.7 Å². The number of rotatable bonds is 4. The minimum atomic E-state index is -4.79. The summed E-state index contributed by atoms with van der Waals surface area (Å²) < 4.78 is 49.1. The van der Waals surface area contributed by atoms with Crippen molar-refractivity contribution in [3.63, 3.8) is 0 Å². The van der Waals surface area contributed by atoms with Crippen LogP contribution >= 0.6 is 0 Å². The summed E-state index contributed by atoms with van der Waals surface area (Å²) in [5.74, 6) is -3.21. The third-order valence-electron chi connectivity index (χ3n) is 2.41. The van der Waals surface area contributed by atoms with Gasteiger partial charge >= 0.3 is 18.0 Å². The molecule has 0 aliphatic heterocycles. The molecule has 0 aliphatic rings. The van der Waals surface area contributed by atoms with E-state index in [-0.39, 0.29) is 5.69 Å². The number of amides is 2. The van der Waals surface area contributed by atoms with Gasteiger partial charge in [0.1, 0.15) is 5.82 Å². The first kappa shape index (κ1) is 16.9. The van der Waals surface area contributed by atoms with E-state index in [0.717, 1.165) is 6.07 Å². The van der Waals surface area contributed by atoms with Crippen LogP contribution in [0.2, 0.25) is 0 Å². The van der Waals surface area contributed by atoms with Gasteiger partial charge in [0.25, 0.3) is 0 Å². The number of alkyl halides is 3. The number of hydrogen-bond acceptors (Lipinski definition) is 3. The zero-order chi connectivity index (χ0) is 16.0. The molecule has 0 unspecified atom stereocenters. The van der Waals surface area contributed by atoms with Gasteiger partial charge in [0, 0.05) is 6.54 Å². The van der Waals surface area contributed by atoms with Gasteiger partial charge in [-0.2, -0.15) is 13.2 Å². The molecule has 21 heavy (non-hydrogen) atoms. The van der Waals surface area contributed by atoms with E-state index in [9.17, 15) is 27.2 Å². The fourth-order valence-electron chi connectivity index (χ4n) is 1.31. The molecule has 116 valence electrons. The van der Waals surface area contributed by atoms with Crippen LogP contribution in [0.3, 0.4) is 0 Å². The second-order valence-corrected chi connectivity index (χ2v) is 4.04. The Balaban J connectivity index is 2.42. The molecule has 0 radical (unpaired) electrons. The van der Waals surface area contributed by atoms with Crippen LogP contribution in [0.1, 0.15) is 6.42 Å². The molecule has 0 saturated heterocycles. The highest BCUT2D eigenvalue weighted by Gasteiger charge is 2.37. The summed E-state index contributed by atoms with van der Waals surface area (Å²) in [4.78, 5) is 22.6. The van der Waals surface area contributed by atoms with E-state index in [1.165, 1.54) is 18.2 Å². The number of carbonyl (C=O) groups excluding carboxylic acids is 2. The minimum Gasteiger partial charge on any atom is -0.384 e. The first-order chi connectivity index (χ1) is 9.71. The van der Waals surface area contributed by atoms with Gasteiger partial charge in [0.15, 0.2) is 6.10 Å². The molecule has 1 atom stereocenters. The van der Waals surface area contributed by atoms with Crippen molar-refractivity contribution in [2.45, 2.75) is 18.7 Å². The Morgan fingerprint density at radius 2 is 1.81 bits per heavy atom. The van der Waals surface area contributed by atoms with Crippen LogP contribution in [-0.2, 0) is 9.59 Å². The number of aliphatic hydroxyl groups is 1. The number of benzene rings is 1. The molecule has 0 saturated carbocycles. The summed E-state index contributed by atoms with van der Waals surface area (Å²) in [6.45, 7) is -0.551. The van der Waals surface area contributed by atoms with E-state index < -0.39 is 42.9 Å². The highest BCUT2D eigenvalue weighted by molar-refractivity contribution is 6.39. The third-order valence-corrected chi connectivity index (χ3v) is 2.41. The average molecular weight is 308 g/mol. The number of hydrogen-bond donors (Lipinski definition) is 3. The van der Waals surface area contributed by atoms with Crippen LogP contribution in [0.25, 0.3) is 0 Å². The molecule has 1 aromatic rings. The Kier molecular flexibility index (Phi) is 5.65. The molecule has 0 fully saturated rings. The van der Waals surface area contributed by atoms with E-state index in [2.05, 4.69) is 0 Å². The van der Waals surface area contributed by atoms with Crippen LogP contribution in [0.4, 0.5) is 23.2 Å². The van der Waals surface area contributed by atoms with Crippen LogP contribution in [0.15, 0.2) is 24.3 Å². The highest BCUT2D eigenvalue weighted by atomic mass is 19.4. The summed E-state index contributed by atoms with van der Waals surface area (Å²) in [5, 5.41) is 12.5. The largest absolute Gasteiger partial charge is 0.414 e. The average Bonchev–Trinajstić information content (AvgIpc) is 2.39. The predicted molar refractivity (Wildman–Crippen MR) is 64.7 cm³/mol. The zero-order valence-corrected chi connectivity index (χ0v) is 10.6. The third kappa shape index (κ3) is 5.38. The quantitative estimate of drug-likeness (QED) is 0.577. The van der Waals surface area contributed by atoms with Gasteiger partial charge in [0.05, 0.1) is 5.69 Å². The monoisotopic (exact) mass is 308 g/mol. The van der Waals surface area contributed by atoms with Gasteiger partial charge in [0.2, 0.25) is 0 Å². The summed E-state index contributed by atoms with van der Waals surface area (Å²) in [6.07, 6.45) is -8.17. The highest BCUT2D eigenvalue weighted by Crippen LogP contribution is 2.21. The lowest BCUT2D eigenvalue weighted by Gasteiger charge is -2.14. The summed E-state index contributed by atoms with van der Waals surface area (Å²) >= 11 is 0. The van der Waals surface area contributed by atoms with E-state index >= 15 is 0 Å². The molecule has 9 heteroatoms. The summed E-state index contributed by atoms with van der Waals surface area (Å²) in [5.41, 5.74) is -0.229. The maximum absolute atomic E-state index is 13.2. The van der Waals surface area contributed by atoms with Crippen molar-refractivity contribution >= 4 is 17.5 Å². The van der Waals surface area contributed by atoms with Gasteiger partial charge in [-0.15, -0.1) is 0 Å². The lowest BCUT2D eigenvalue weighted by Crippen LogP contribution is -2.39. The number of para-hydroxylation sites is 1. The van der Waals surface area contributed by atoms with E-state index in [1.807, 2.05) is 10.6 Å². The van der Waals surface area contributed by atoms with E-state index in [4.69, 9.17) is 5.11 Å². The van der Waals surface area contributed by atoms with Crippen LogP contribution < -0.4 is 10.6 Å². The predicted octanol–water partition coefficient (Wildman–Crippen LogP) is 1.19. The standard InChI is InChI=1S/C12H12F4N2O3/c13-7-3-1-2-4-8(7)18-11(21)10(20)17-6-5-9(19)12(14,15)16/h1-4,9,19H,5-6H2,(H,17,20)(H,18,21)/t9-/m0/s1. The molecule has 2 amide bonds. The maximum Gasteiger partial charge on any atom is 0.414 e. The number of halogens is 4. The fourth-order valence-corrected chi connectivity index (χ4v) is 1.31. The normalized spacial score (nSPS) is 12.6. The van der Waals surface area contributed by atoms with E-state index in [0.29, 0.717) is 0 Å². The van der Waals surface area contributed by atoms with Gasteiger partial charge in [-0.3, -0.25) is 9.59 Å².